The van der Waals surface area contributed by atoms with Gasteiger partial charge in [-0.25, -0.2) is 4.39 Å². The van der Waals surface area contributed by atoms with Crippen molar-refractivity contribution in [3.63, 3.8) is 0 Å². The van der Waals surface area contributed by atoms with Gasteiger partial charge in [-0.3, -0.25) is 4.98 Å². The Bertz CT molecular complexity index is 608. The van der Waals surface area contributed by atoms with Crippen molar-refractivity contribution < 1.29 is 4.39 Å². The third kappa shape index (κ3) is 3.39. The van der Waals surface area contributed by atoms with Crippen molar-refractivity contribution in [3.8, 4) is 0 Å². The second kappa shape index (κ2) is 6.50. The topological polar surface area (TPSA) is 28.2 Å². The number of aromatic nitrogens is 1. The molecule has 0 aliphatic carbocycles. The van der Waals surface area contributed by atoms with Crippen LogP contribution in [0.4, 0.5) is 4.39 Å². The van der Waals surface area contributed by atoms with E-state index < -0.39 is 0 Å². The summed E-state index contributed by atoms with van der Waals surface area (Å²) < 4.78 is 13.8. The summed E-state index contributed by atoms with van der Waals surface area (Å²) in [5.41, 5.74) is 1.88. The highest BCUT2D eigenvalue weighted by Gasteiger charge is 2.16. The zero-order valence-electron chi connectivity index (χ0n) is 12.5. The highest BCUT2D eigenvalue weighted by Crippen LogP contribution is 2.21. The van der Waals surface area contributed by atoms with Crippen LogP contribution in [0.2, 0.25) is 0 Å². The van der Waals surface area contributed by atoms with Crippen LogP contribution in [0.1, 0.15) is 18.4 Å². The van der Waals surface area contributed by atoms with Gasteiger partial charge >= 0.3 is 0 Å². The second-order valence-electron chi connectivity index (χ2n) is 6.02. The number of halogens is 1. The molecule has 112 valence electrons. The molecule has 1 fully saturated rings. The Morgan fingerprint density at radius 2 is 2.29 bits per heavy atom. The highest BCUT2D eigenvalue weighted by molar-refractivity contribution is 5.82. The van der Waals surface area contributed by atoms with Crippen LogP contribution in [-0.2, 0) is 6.54 Å². The molecule has 21 heavy (non-hydrogen) atoms. The first-order chi connectivity index (χ1) is 10.2. The molecular formula is C17H22FN3. The molecule has 1 aliphatic rings. The van der Waals surface area contributed by atoms with Crippen molar-refractivity contribution in [2.75, 3.05) is 26.7 Å². The lowest BCUT2D eigenvalue weighted by Crippen LogP contribution is -2.36. The summed E-state index contributed by atoms with van der Waals surface area (Å²) in [5, 5.41) is 4.07. The summed E-state index contributed by atoms with van der Waals surface area (Å²) in [5.74, 6) is 0.518. The highest BCUT2D eigenvalue weighted by atomic mass is 19.1. The first-order valence-electron chi connectivity index (χ1n) is 7.65. The van der Waals surface area contributed by atoms with E-state index in [4.69, 9.17) is 0 Å². The molecule has 0 spiro atoms. The number of pyridine rings is 1. The minimum atomic E-state index is -0.194. The molecule has 0 amide bonds. The third-order valence-corrected chi connectivity index (χ3v) is 4.21. The van der Waals surface area contributed by atoms with E-state index in [0.717, 1.165) is 37.3 Å². The molecule has 2 heterocycles. The van der Waals surface area contributed by atoms with Gasteiger partial charge in [0.2, 0.25) is 0 Å². The fourth-order valence-electron chi connectivity index (χ4n) is 3.20. The van der Waals surface area contributed by atoms with Crippen molar-refractivity contribution in [2.45, 2.75) is 19.4 Å². The lowest BCUT2D eigenvalue weighted by Gasteiger charge is -2.27. The Balaban J connectivity index is 1.73. The van der Waals surface area contributed by atoms with Crippen LogP contribution in [0.5, 0.6) is 0 Å². The molecule has 4 heteroatoms. The SMILES string of the molecule is CN(Cc1ccc(F)c2cccnc12)CC1CCCNC1. The maximum absolute atomic E-state index is 13.8. The van der Waals surface area contributed by atoms with E-state index >= 15 is 0 Å². The number of fused-ring (bicyclic) bond motifs is 1. The molecule has 1 N–H and O–H groups in total. The first kappa shape index (κ1) is 14.4. The van der Waals surface area contributed by atoms with E-state index in [9.17, 15) is 4.39 Å². The average Bonchev–Trinajstić information content (AvgIpc) is 2.51. The first-order valence-corrected chi connectivity index (χ1v) is 7.65. The Morgan fingerprint density at radius 1 is 1.38 bits per heavy atom. The maximum atomic E-state index is 13.8. The molecule has 1 unspecified atom stereocenters. The van der Waals surface area contributed by atoms with Gasteiger partial charge in [0.1, 0.15) is 5.82 Å². The number of nitrogens with zero attached hydrogens (tertiary/aromatic N) is 2. The van der Waals surface area contributed by atoms with Crippen LogP contribution in [0.3, 0.4) is 0 Å². The number of rotatable bonds is 4. The monoisotopic (exact) mass is 287 g/mol. The van der Waals surface area contributed by atoms with E-state index in [1.807, 2.05) is 6.07 Å². The van der Waals surface area contributed by atoms with Gasteiger partial charge in [0.15, 0.2) is 0 Å². The molecule has 2 aromatic rings. The van der Waals surface area contributed by atoms with Crippen LogP contribution in [0.25, 0.3) is 10.9 Å². The molecule has 3 nitrogen and oxygen atoms in total. The number of benzene rings is 1. The van der Waals surface area contributed by atoms with Crippen molar-refractivity contribution in [3.05, 3.63) is 41.8 Å². The number of hydrogen-bond acceptors (Lipinski definition) is 3. The molecule has 1 atom stereocenters. The Morgan fingerprint density at radius 3 is 3.10 bits per heavy atom. The van der Waals surface area contributed by atoms with Crippen LogP contribution in [0, 0.1) is 11.7 Å². The molecule has 0 bridgehead atoms. The van der Waals surface area contributed by atoms with Gasteiger partial charge < -0.3 is 10.2 Å². The minimum Gasteiger partial charge on any atom is -0.316 e. The van der Waals surface area contributed by atoms with Crippen molar-refractivity contribution in [2.24, 2.45) is 5.92 Å². The van der Waals surface area contributed by atoms with Crippen LogP contribution < -0.4 is 5.32 Å². The van der Waals surface area contributed by atoms with Gasteiger partial charge in [0.05, 0.1) is 5.52 Å². The van der Waals surface area contributed by atoms with Gasteiger partial charge in [0.25, 0.3) is 0 Å². The molecule has 3 rings (SSSR count). The van der Waals surface area contributed by atoms with E-state index in [0.29, 0.717) is 11.3 Å². The largest absolute Gasteiger partial charge is 0.316 e. The molecule has 1 saturated heterocycles. The molecule has 0 saturated carbocycles. The Hall–Kier alpha value is -1.52. The second-order valence-corrected chi connectivity index (χ2v) is 6.02. The molecule has 0 radical (unpaired) electrons. The fourth-order valence-corrected chi connectivity index (χ4v) is 3.20. The summed E-state index contributed by atoms with van der Waals surface area (Å²) in [7, 11) is 2.13. The Labute approximate surface area is 125 Å². The third-order valence-electron chi connectivity index (χ3n) is 4.21. The zero-order chi connectivity index (χ0) is 14.7. The predicted octanol–water partition coefficient (Wildman–Crippen LogP) is 2.81. The summed E-state index contributed by atoms with van der Waals surface area (Å²) in [6, 6.07) is 6.99. The number of hydrogen-bond donors (Lipinski definition) is 1. The van der Waals surface area contributed by atoms with Crippen molar-refractivity contribution in [1.29, 1.82) is 0 Å². The predicted molar refractivity (Wildman–Crippen MR) is 83.6 cm³/mol. The van der Waals surface area contributed by atoms with Crippen LogP contribution >= 0.6 is 0 Å². The quantitative estimate of drug-likeness (QED) is 0.937. The minimum absolute atomic E-state index is 0.194. The molecule has 1 aliphatic heterocycles. The van der Waals surface area contributed by atoms with Gasteiger partial charge in [-0.2, -0.15) is 0 Å². The van der Waals surface area contributed by atoms with E-state index in [-0.39, 0.29) is 5.82 Å². The molecule has 1 aromatic carbocycles. The lowest BCUT2D eigenvalue weighted by molar-refractivity contribution is 0.238. The van der Waals surface area contributed by atoms with Gasteiger partial charge in [-0.15, -0.1) is 0 Å². The fraction of sp³-hybridized carbons (Fsp3) is 0.471. The number of piperidine rings is 1. The Kier molecular flexibility index (Phi) is 4.46. The number of nitrogens with one attached hydrogen (secondary N) is 1. The summed E-state index contributed by atoms with van der Waals surface area (Å²) >= 11 is 0. The standard InChI is InChI=1S/C17H22FN3/c1-21(11-13-4-2-8-19-10-13)12-14-6-7-16(18)15-5-3-9-20-17(14)15/h3,5-7,9,13,19H,2,4,8,10-12H2,1H3. The summed E-state index contributed by atoms with van der Waals surface area (Å²) in [4.78, 5) is 6.68. The summed E-state index contributed by atoms with van der Waals surface area (Å²) in [6.45, 7) is 4.13. The van der Waals surface area contributed by atoms with Gasteiger partial charge in [-0.1, -0.05) is 6.07 Å². The van der Waals surface area contributed by atoms with E-state index in [1.54, 1.807) is 24.4 Å². The zero-order valence-corrected chi connectivity index (χ0v) is 12.5. The maximum Gasteiger partial charge on any atom is 0.132 e. The average molecular weight is 287 g/mol. The van der Waals surface area contributed by atoms with Crippen LogP contribution in [0.15, 0.2) is 30.5 Å². The molecular weight excluding hydrogens is 265 g/mol. The smallest absolute Gasteiger partial charge is 0.132 e. The summed E-state index contributed by atoms with van der Waals surface area (Å²) in [6.07, 6.45) is 4.29. The van der Waals surface area contributed by atoms with E-state index in [2.05, 4.69) is 22.2 Å². The lowest BCUT2D eigenvalue weighted by atomic mass is 9.99. The van der Waals surface area contributed by atoms with Crippen LogP contribution in [-0.4, -0.2) is 36.6 Å². The van der Waals surface area contributed by atoms with E-state index in [1.165, 1.54) is 12.8 Å². The van der Waals surface area contributed by atoms with Gasteiger partial charge in [0, 0.05) is 24.7 Å². The normalized spacial score (nSPS) is 19.3. The van der Waals surface area contributed by atoms with Gasteiger partial charge in [-0.05, 0) is 62.7 Å². The molecule has 1 aromatic heterocycles. The van der Waals surface area contributed by atoms with Crippen molar-refractivity contribution in [1.82, 2.24) is 15.2 Å². The van der Waals surface area contributed by atoms with Crippen molar-refractivity contribution >= 4 is 10.9 Å².